The van der Waals surface area contributed by atoms with E-state index in [0.29, 0.717) is 17.1 Å². The van der Waals surface area contributed by atoms with E-state index in [1.54, 1.807) is 12.1 Å². The molecular weight excluding hydrogens is 431 g/mol. The highest BCUT2D eigenvalue weighted by Gasteiger charge is 2.27. The number of carbonyl (C=O) groups is 1. The first kappa shape index (κ1) is 22.4. The number of halogens is 2. The number of ether oxygens (including phenoxy) is 1. The molecule has 6 nitrogen and oxygen atoms in total. The molecule has 1 aromatic heterocycles. The van der Waals surface area contributed by atoms with E-state index in [-0.39, 0.29) is 18.4 Å². The van der Waals surface area contributed by atoms with Gasteiger partial charge in [0, 0.05) is 29.7 Å². The molecule has 0 unspecified atom stereocenters. The third-order valence-electron chi connectivity index (χ3n) is 5.44. The number of hydrogen-bond donors (Lipinski definition) is 1. The van der Waals surface area contributed by atoms with E-state index in [1.165, 1.54) is 6.07 Å². The first-order valence-corrected chi connectivity index (χ1v) is 11.2. The van der Waals surface area contributed by atoms with Crippen LogP contribution in [0.5, 0.6) is 0 Å². The first-order chi connectivity index (χ1) is 15.2. The molecular formula is C24H28ClFN4O2. The predicted molar refractivity (Wildman–Crippen MR) is 125 cm³/mol. The minimum absolute atomic E-state index is 0.0658. The molecule has 1 N–H and O–H groups in total. The fourth-order valence-electron chi connectivity index (χ4n) is 4.05. The van der Waals surface area contributed by atoms with Crippen LogP contribution in [0.2, 0.25) is 5.02 Å². The molecule has 1 saturated heterocycles. The number of nitrogens with zero attached hydrogens (tertiary/aromatic N) is 3. The van der Waals surface area contributed by atoms with Crippen molar-refractivity contribution in [1.82, 2.24) is 14.9 Å². The monoisotopic (exact) mass is 458 g/mol. The summed E-state index contributed by atoms with van der Waals surface area (Å²) in [4.78, 5) is 19.2. The Labute approximate surface area is 192 Å². The van der Waals surface area contributed by atoms with Crippen molar-refractivity contribution in [2.75, 3.05) is 18.0 Å². The van der Waals surface area contributed by atoms with Crippen molar-refractivity contribution in [1.29, 1.82) is 0 Å². The van der Waals surface area contributed by atoms with Gasteiger partial charge in [-0.05, 0) is 57.9 Å². The van der Waals surface area contributed by atoms with Crippen molar-refractivity contribution in [3.05, 3.63) is 58.9 Å². The maximum atomic E-state index is 14.6. The molecule has 170 valence electrons. The lowest BCUT2D eigenvalue weighted by molar-refractivity contribution is 0.0500. The number of fused-ring (bicyclic) bond motifs is 1. The third kappa shape index (κ3) is 4.99. The molecule has 0 saturated carbocycles. The van der Waals surface area contributed by atoms with Gasteiger partial charge in [-0.1, -0.05) is 29.8 Å². The van der Waals surface area contributed by atoms with Gasteiger partial charge in [-0.15, -0.1) is 0 Å². The number of imidazole rings is 1. The lowest BCUT2D eigenvalue weighted by atomic mass is 10.1. The van der Waals surface area contributed by atoms with Crippen LogP contribution in [0.4, 0.5) is 15.1 Å². The molecule has 2 heterocycles. The standard InChI is InChI=1S/C24H28ClFN4O2/c1-24(2,3)32-23(31)27-16-8-7-13-29(14-16)22-28-20-11-4-5-12-21(20)30(22)15-17-18(25)9-6-10-19(17)26/h4-6,9-12,16H,7-8,13-15H2,1-3H3,(H,27,31)/t16-/m0/s1. The van der Waals surface area contributed by atoms with Gasteiger partial charge in [0.1, 0.15) is 11.4 Å². The van der Waals surface area contributed by atoms with E-state index in [2.05, 4.69) is 10.2 Å². The molecule has 0 spiro atoms. The summed E-state index contributed by atoms with van der Waals surface area (Å²) in [5, 5.41) is 3.36. The smallest absolute Gasteiger partial charge is 0.407 e. The summed E-state index contributed by atoms with van der Waals surface area (Å²) in [6, 6.07) is 12.4. The molecule has 1 aliphatic heterocycles. The molecule has 1 amide bonds. The van der Waals surface area contributed by atoms with Gasteiger partial charge in [0.2, 0.25) is 5.95 Å². The quantitative estimate of drug-likeness (QED) is 0.571. The fraction of sp³-hybridized carbons (Fsp3) is 0.417. The highest BCUT2D eigenvalue weighted by atomic mass is 35.5. The second-order valence-corrected chi connectivity index (χ2v) is 9.53. The van der Waals surface area contributed by atoms with Gasteiger partial charge in [-0.3, -0.25) is 0 Å². The zero-order chi connectivity index (χ0) is 22.9. The zero-order valence-electron chi connectivity index (χ0n) is 18.6. The van der Waals surface area contributed by atoms with E-state index >= 15 is 0 Å². The van der Waals surface area contributed by atoms with Gasteiger partial charge in [0.25, 0.3) is 0 Å². The molecule has 0 bridgehead atoms. The summed E-state index contributed by atoms with van der Waals surface area (Å²) in [6.45, 7) is 7.18. The molecule has 2 aromatic carbocycles. The van der Waals surface area contributed by atoms with Gasteiger partial charge in [-0.2, -0.15) is 0 Å². The van der Waals surface area contributed by atoms with Crippen LogP contribution in [0, 0.1) is 5.82 Å². The Morgan fingerprint density at radius 3 is 2.78 bits per heavy atom. The van der Waals surface area contributed by atoms with Gasteiger partial charge in [0.15, 0.2) is 0 Å². The average molecular weight is 459 g/mol. The number of nitrogens with one attached hydrogen (secondary N) is 1. The Bertz CT molecular complexity index is 1100. The molecule has 8 heteroatoms. The minimum Gasteiger partial charge on any atom is -0.444 e. The molecule has 1 aliphatic rings. The number of amides is 1. The van der Waals surface area contributed by atoms with Gasteiger partial charge < -0.3 is 19.5 Å². The van der Waals surface area contributed by atoms with Crippen molar-refractivity contribution in [3.63, 3.8) is 0 Å². The highest BCUT2D eigenvalue weighted by molar-refractivity contribution is 6.31. The second kappa shape index (κ2) is 8.98. The van der Waals surface area contributed by atoms with Crippen LogP contribution >= 0.6 is 11.6 Å². The Hall–Kier alpha value is -2.80. The third-order valence-corrected chi connectivity index (χ3v) is 5.79. The normalized spacial score (nSPS) is 16.9. The van der Waals surface area contributed by atoms with Crippen molar-refractivity contribution >= 4 is 34.7 Å². The van der Waals surface area contributed by atoms with Gasteiger partial charge >= 0.3 is 6.09 Å². The first-order valence-electron chi connectivity index (χ1n) is 10.8. The zero-order valence-corrected chi connectivity index (χ0v) is 19.3. The topological polar surface area (TPSA) is 59.4 Å². The van der Waals surface area contributed by atoms with E-state index in [1.807, 2.05) is 49.6 Å². The molecule has 0 radical (unpaired) electrons. The van der Waals surface area contributed by atoms with E-state index in [9.17, 15) is 9.18 Å². The highest BCUT2D eigenvalue weighted by Crippen LogP contribution is 2.29. The Morgan fingerprint density at radius 1 is 1.25 bits per heavy atom. The number of anilines is 1. The molecule has 1 fully saturated rings. The SMILES string of the molecule is CC(C)(C)OC(=O)N[C@H]1CCCN(c2nc3ccccc3n2Cc2c(F)cccc2Cl)C1. The lowest BCUT2D eigenvalue weighted by Crippen LogP contribution is -2.49. The summed E-state index contributed by atoms with van der Waals surface area (Å²) in [5.41, 5.74) is 1.62. The van der Waals surface area contributed by atoms with Crippen molar-refractivity contribution in [2.45, 2.75) is 51.8 Å². The Morgan fingerprint density at radius 2 is 2.03 bits per heavy atom. The number of hydrogen-bond acceptors (Lipinski definition) is 4. The van der Waals surface area contributed by atoms with Crippen LogP contribution in [0.15, 0.2) is 42.5 Å². The largest absolute Gasteiger partial charge is 0.444 e. The number of para-hydroxylation sites is 2. The summed E-state index contributed by atoms with van der Waals surface area (Å²) in [5.74, 6) is 0.394. The molecule has 32 heavy (non-hydrogen) atoms. The summed E-state index contributed by atoms with van der Waals surface area (Å²) in [6.07, 6.45) is 1.33. The summed E-state index contributed by atoms with van der Waals surface area (Å²) >= 11 is 6.32. The number of alkyl carbamates (subject to hydrolysis) is 1. The number of piperidine rings is 1. The second-order valence-electron chi connectivity index (χ2n) is 9.12. The van der Waals surface area contributed by atoms with Crippen LogP contribution in [0.1, 0.15) is 39.2 Å². The lowest BCUT2D eigenvalue weighted by Gasteiger charge is -2.34. The molecule has 3 aromatic rings. The van der Waals surface area contributed by atoms with Crippen LogP contribution in [-0.2, 0) is 11.3 Å². The van der Waals surface area contributed by atoms with Crippen molar-refractivity contribution < 1.29 is 13.9 Å². The maximum Gasteiger partial charge on any atom is 0.407 e. The number of carbonyl (C=O) groups excluding carboxylic acids is 1. The van der Waals surface area contributed by atoms with Crippen LogP contribution in [0.25, 0.3) is 11.0 Å². The molecule has 4 rings (SSSR count). The van der Waals surface area contributed by atoms with Crippen LogP contribution in [0.3, 0.4) is 0 Å². The van der Waals surface area contributed by atoms with E-state index < -0.39 is 11.7 Å². The van der Waals surface area contributed by atoms with Crippen molar-refractivity contribution in [2.24, 2.45) is 0 Å². The number of aromatic nitrogens is 2. The maximum absolute atomic E-state index is 14.6. The fourth-order valence-corrected chi connectivity index (χ4v) is 4.28. The molecule has 0 aliphatic carbocycles. The van der Waals surface area contributed by atoms with E-state index in [4.69, 9.17) is 21.3 Å². The van der Waals surface area contributed by atoms with Gasteiger partial charge in [-0.25, -0.2) is 14.2 Å². The summed E-state index contributed by atoms with van der Waals surface area (Å²) < 4.78 is 22.0. The minimum atomic E-state index is -0.550. The predicted octanol–water partition coefficient (Wildman–Crippen LogP) is 5.37. The average Bonchev–Trinajstić information content (AvgIpc) is 3.08. The summed E-state index contributed by atoms with van der Waals surface area (Å²) in [7, 11) is 0. The Balaban J connectivity index is 1.62. The number of rotatable bonds is 4. The number of benzene rings is 2. The van der Waals surface area contributed by atoms with Crippen molar-refractivity contribution in [3.8, 4) is 0 Å². The van der Waals surface area contributed by atoms with Gasteiger partial charge in [0.05, 0.1) is 17.6 Å². The van der Waals surface area contributed by atoms with Crippen LogP contribution < -0.4 is 10.2 Å². The molecule has 1 atom stereocenters. The van der Waals surface area contributed by atoms with Crippen LogP contribution in [-0.4, -0.2) is 40.4 Å². The van der Waals surface area contributed by atoms with E-state index in [0.717, 1.165) is 36.4 Å². The Kier molecular flexibility index (Phi) is 6.29.